The maximum atomic E-state index is 13.6. The first-order valence-corrected chi connectivity index (χ1v) is 15.4. The molecule has 2 fully saturated rings. The number of benzene rings is 3. The number of likely N-dealkylation sites (tertiary alicyclic amines) is 1. The number of hydrogen-bond donors (Lipinski definition) is 0. The van der Waals surface area contributed by atoms with Gasteiger partial charge in [0.05, 0.1) is 39.1 Å². The fraction of sp³-hybridized carbons (Fsp3) is 0.323. The Morgan fingerprint density at radius 1 is 0.902 bits per heavy atom. The fourth-order valence-corrected chi connectivity index (χ4v) is 6.68. The van der Waals surface area contributed by atoms with Crippen LogP contribution in [0.2, 0.25) is 10.0 Å². The van der Waals surface area contributed by atoms with Crippen LogP contribution in [0.1, 0.15) is 29.0 Å². The smallest absolute Gasteiger partial charge is 0.255 e. The molecule has 0 aliphatic carbocycles. The summed E-state index contributed by atoms with van der Waals surface area (Å²) in [6.45, 7) is 4.25. The molecule has 2 aliphatic heterocycles. The van der Waals surface area contributed by atoms with E-state index in [0.717, 1.165) is 46.4 Å². The number of piperazine rings is 1. The number of fused-ring (bicyclic) bond motifs is 1. The summed E-state index contributed by atoms with van der Waals surface area (Å²) in [4.78, 5) is 37.6. The summed E-state index contributed by atoms with van der Waals surface area (Å²) in [6, 6.07) is 21.5. The molecule has 2 amide bonds. The summed E-state index contributed by atoms with van der Waals surface area (Å²) in [7, 11) is 0. The molecule has 2 saturated heterocycles. The van der Waals surface area contributed by atoms with Crippen molar-refractivity contribution in [3.05, 3.63) is 92.6 Å². The van der Waals surface area contributed by atoms with Crippen LogP contribution >= 0.6 is 39.1 Å². The van der Waals surface area contributed by atoms with Gasteiger partial charge in [0, 0.05) is 42.9 Å². The second-order valence-corrected chi connectivity index (χ2v) is 12.3. The predicted molar refractivity (Wildman–Crippen MR) is 166 cm³/mol. The summed E-state index contributed by atoms with van der Waals surface area (Å²) in [5, 5.41) is 0.633. The van der Waals surface area contributed by atoms with Gasteiger partial charge >= 0.3 is 0 Å². The Labute approximate surface area is 257 Å². The summed E-state index contributed by atoms with van der Waals surface area (Å²) in [5.41, 5.74) is 3.48. The molecule has 0 N–H and O–H groups in total. The minimum atomic E-state index is -0.151. The lowest BCUT2D eigenvalue weighted by Crippen LogP contribution is -2.53. The van der Waals surface area contributed by atoms with E-state index in [1.165, 1.54) is 0 Å². The number of nitrogens with zero attached hydrogens (tertiary/aromatic N) is 5. The second-order valence-electron chi connectivity index (χ2n) is 10.6. The van der Waals surface area contributed by atoms with Crippen molar-refractivity contribution in [1.29, 1.82) is 0 Å². The van der Waals surface area contributed by atoms with E-state index in [4.69, 9.17) is 28.2 Å². The van der Waals surface area contributed by atoms with E-state index >= 15 is 0 Å². The normalized spacial score (nSPS) is 18.2. The molecule has 3 aromatic carbocycles. The van der Waals surface area contributed by atoms with Gasteiger partial charge in [-0.05, 0) is 61.9 Å². The van der Waals surface area contributed by atoms with Crippen LogP contribution < -0.4 is 0 Å². The van der Waals surface area contributed by atoms with Crippen LogP contribution in [0, 0.1) is 5.92 Å². The van der Waals surface area contributed by atoms with Crippen molar-refractivity contribution in [2.24, 2.45) is 5.92 Å². The third-order valence-corrected chi connectivity index (χ3v) is 9.29. The van der Waals surface area contributed by atoms with Crippen LogP contribution in [0.5, 0.6) is 0 Å². The molecule has 7 nitrogen and oxygen atoms in total. The molecule has 212 valence electrons. The number of para-hydroxylation sites is 2. The average molecular weight is 655 g/mol. The van der Waals surface area contributed by atoms with Gasteiger partial charge in [-0.25, -0.2) is 4.98 Å². The molecular weight excluding hydrogens is 625 g/mol. The molecule has 0 bridgehead atoms. The quantitative estimate of drug-likeness (QED) is 0.254. The van der Waals surface area contributed by atoms with Crippen LogP contribution in [-0.2, 0) is 11.3 Å². The van der Waals surface area contributed by atoms with E-state index in [-0.39, 0.29) is 22.8 Å². The summed E-state index contributed by atoms with van der Waals surface area (Å²) in [6.07, 6.45) is 1.83. The van der Waals surface area contributed by atoms with E-state index in [9.17, 15) is 9.59 Å². The van der Waals surface area contributed by atoms with Gasteiger partial charge in [-0.3, -0.25) is 19.1 Å². The Morgan fingerprint density at radius 2 is 1.66 bits per heavy atom. The molecule has 4 aromatic rings. The highest BCUT2D eigenvalue weighted by Crippen LogP contribution is 2.29. The zero-order chi connectivity index (χ0) is 28.5. The van der Waals surface area contributed by atoms with Crippen LogP contribution in [0.4, 0.5) is 0 Å². The Hall–Kier alpha value is -2.91. The van der Waals surface area contributed by atoms with Crippen LogP contribution in [-0.4, -0.2) is 75.3 Å². The van der Waals surface area contributed by atoms with Crippen LogP contribution in [0.25, 0.3) is 16.7 Å². The number of rotatable bonds is 5. The molecule has 0 saturated carbocycles. The number of hydrogen-bond acceptors (Lipinski definition) is 4. The van der Waals surface area contributed by atoms with Crippen molar-refractivity contribution in [1.82, 2.24) is 24.3 Å². The topological polar surface area (TPSA) is 61.7 Å². The number of aromatic nitrogens is 2. The number of carbonyl (C=O) groups excluding carboxylic acids is 2. The highest BCUT2D eigenvalue weighted by atomic mass is 79.9. The number of piperidine rings is 1. The SMILES string of the molecule is O=C(c1cccc(Cl)c1Cl)N1CCN(C(=O)[C@@H]2CCCN(Cc3nc4ccccc4n3-c3cccc(Br)c3)C2)CC1. The Morgan fingerprint density at radius 3 is 2.46 bits per heavy atom. The van der Waals surface area contributed by atoms with Crippen molar-refractivity contribution in [2.45, 2.75) is 19.4 Å². The predicted octanol–water partition coefficient (Wildman–Crippen LogP) is 6.29. The molecule has 0 unspecified atom stereocenters. The number of carbonyl (C=O) groups is 2. The van der Waals surface area contributed by atoms with Crippen molar-refractivity contribution < 1.29 is 9.59 Å². The highest BCUT2D eigenvalue weighted by Gasteiger charge is 2.33. The Kier molecular flexibility index (Phi) is 8.35. The number of halogens is 3. The summed E-state index contributed by atoms with van der Waals surface area (Å²) < 4.78 is 3.23. The lowest BCUT2D eigenvalue weighted by molar-refractivity contribution is -0.139. The van der Waals surface area contributed by atoms with Gasteiger partial charge in [0.15, 0.2) is 0 Å². The number of imidazole rings is 1. The third kappa shape index (κ3) is 5.89. The first-order valence-electron chi connectivity index (χ1n) is 13.9. The second kappa shape index (κ2) is 12.1. The minimum Gasteiger partial charge on any atom is -0.339 e. The van der Waals surface area contributed by atoms with Gasteiger partial charge in [0.25, 0.3) is 5.91 Å². The molecule has 3 heterocycles. The van der Waals surface area contributed by atoms with Crippen molar-refractivity contribution in [3.63, 3.8) is 0 Å². The van der Waals surface area contributed by atoms with Crippen LogP contribution in [0.3, 0.4) is 0 Å². The Bertz CT molecular complexity index is 1600. The lowest BCUT2D eigenvalue weighted by atomic mass is 9.96. The molecular formula is C31H30BrCl2N5O2. The molecule has 10 heteroatoms. The Balaban J connectivity index is 1.12. The first kappa shape index (κ1) is 28.2. The molecule has 0 spiro atoms. The van der Waals surface area contributed by atoms with Crippen molar-refractivity contribution in [3.8, 4) is 5.69 Å². The molecule has 0 radical (unpaired) electrons. The molecule has 6 rings (SSSR count). The van der Waals surface area contributed by atoms with Gasteiger partial charge in [-0.2, -0.15) is 0 Å². The molecule has 41 heavy (non-hydrogen) atoms. The lowest BCUT2D eigenvalue weighted by Gasteiger charge is -2.39. The van der Waals surface area contributed by atoms with Gasteiger partial charge < -0.3 is 9.80 Å². The fourth-order valence-electron chi connectivity index (χ4n) is 5.91. The third-order valence-electron chi connectivity index (χ3n) is 7.98. The maximum Gasteiger partial charge on any atom is 0.255 e. The maximum absolute atomic E-state index is 13.6. The van der Waals surface area contributed by atoms with Crippen LogP contribution in [0.15, 0.2) is 71.2 Å². The van der Waals surface area contributed by atoms with Gasteiger partial charge in [0.2, 0.25) is 5.91 Å². The molecule has 1 atom stereocenters. The standard InChI is InChI=1S/C31H30BrCl2N5O2/c32-22-7-3-8-23(18-22)39-27-12-2-1-11-26(27)35-28(39)20-36-13-5-6-21(19-36)30(40)37-14-16-38(17-15-37)31(41)24-9-4-10-25(33)29(24)34/h1-4,7-12,18,21H,5-6,13-17,19-20H2/t21-/m1/s1. The summed E-state index contributed by atoms with van der Waals surface area (Å²) in [5.74, 6) is 0.908. The van der Waals surface area contributed by atoms with Crippen molar-refractivity contribution in [2.75, 3.05) is 39.3 Å². The van der Waals surface area contributed by atoms with E-state index in [1.54, 1.807) is 23.1 Å². The van der Waals surface area contributed by atoms with E-state index in [1.807, 2.05) is 35.2 Å². The van der Waals surface area contributed by atoms with E-state index in [0.29, 0.717) is 49.9 Å². The minimum absolute atomic E-state index is 0.0722. The van der Waals surface area contributed by atoms with Gasteiger partial charge in [-0.15, -0.1) is 0 Å². The number of amides is 2. The molecule has 1 aromatic heterocycles. The summed E-state index contributed by atoms with van der Waals surface area (Å²) >= 11 is 16.0. The zero-order valence-electron chi connectivity index (χ0n) is 22.5. The van der Waals surface area contributed by atoms with Gasteiger partial charge in [0.1, 0.15) is 5.82 Å². The van der Waals surface area contributed by atoms with E-state index in [2.05, 4.69) is 43.6 Å². The van der Waals surface area contributed by atoms with E-state index < -0.39 is 0 Å². The van der Waals surface area contributed by atoms with Gasteiger partial charge in [-0.1, -0.05) is 63.4 Å². The monoisotopic (exact) mass is 653 g/mol. The average Bonchev–Trinajstić information content (AvgIpc) is 3.36. The first-order chi connectivity index (χ1) is 19.9. The molecule has 2 aliphatic rings. The highest BCUT2D eigenvalue weighted by molar-refractivity contribution is 9.10. The largest absolute Gasteiger partial charge is 0.339 e. The van der Waals surface area contributed by atoms with Crippen molar-refractivity contribution >= 4 is 62.0 Å². The zero-order valence-corrected chi connectivity index (χ0v) is 25.6.